The molecule has 2 aliphatic heterocycles. The molecule has 2 saturated heterocycles. The molecule has 2 aromatic rings. The van der Waals surface area contributed by atoms with E-state index in [0.29, 0.717) is 17.2 Å². The SMILES string of the molecule is O=C1C(=O)N(CC2CCCO2)C(c2ccc(Cl)c(Cl)c2)C1=C(O)c1ccc(F)cc1. The highest BCUT2D eigenvalue weighted by molar-refractivity contribution is 6.46. The van der Waals surface area contributed by atoms with Gasteiger partial charge in [0.15, 0.2) is 0 Å². The number of nitrogens with zero attached hydrogens (tertiary/aromatic N) is 1. The lowest BCUT2D eigenvalue weighted by Crippen LogP contribution is -2.36. The molecule has 2 unspecified atom stereocenters. The molecule has 2 heterocycles. The number of Topliss-reactive ketones (excluding diaryl/α,β-unsaturated/α-hetero) is 1. The Balaban J connectivity index is 1.84. The number of benzene rings is 2. The Labute approximate surface area is 182 Å². The summed E-state index contributed by atoms with van der Waals surface area (Å²) in [7, 11) is 0. The van der Waals surface area contributed by atoms with Crippen LogP contribution >= 0.6 is 23.2 Å². The molecule has 1 amide bonds. The van der Waals surface area contributed by atoms with E-state index >= 15 is 0 Å². The van der Waals surface area contributed by atoms with E-state index in [4.69, 9.17) is 27.9 Å². The maximum atomic E-state index is 13.3. The molecule has 5 nitrogen and oxygen atoms in total. The summed E-state index contributed by atoms with van der Waals surface area (Å²) >= 11 is 12.2. The van der Waals surface area contributed by atoms with E-state index in [1.165, 1.54) is 29.2 Å². The highest BCUT2D eigenvalue weighted by Gasteiger charge is 2.47. The van der Waals surface area contributed by atoms with Crippen LogP contribution in [0.15, 0.2) is 48.0 Å². The predicted octanol–water partition coefficient (Wildman–Crippen LogP) is 4.73. The fourth-order valence-electron chi connectivity index (χ4n) is 3.87. The van der Waals surface area contributed by atoms with Crippen molar-refractivity contribution in [2.75, 3.05) is 13.2 Å². The van der Waals surface area contributed by atoms with Crippen LogP contribution in [-0.4, -0.2) is 41.0 Å². The molecule has 0 radical (unpaired) electrons. The van der Waals surface area contributed by atoms with Gasteiger partial charge in [-0.25, -0.2) is 4.39 Å². The first-order chi connectivity index (χ1) is 14.4. The number of likely N-dealkylation sites (tertiary alicyclic amines) is 1. The smallest absolute Gasteiger partial charge is 0.295 e. The van der Waals surface area contributed by atoms with Gasteiger partial charge >= 0.3 is 0 Å². The zero-order valence-corrected chi connectivity index (χ0v) is 17.3. The zero-order valence-electron chi connectivity index (χ0n) is 15.8. The van der Waals surface area contributed by atoms with Crippen molar-refractivity contribution in [1.29, 1.82) is 0 Å². The molecule has 0 spiro atoms. The Hall–Kier alpha value is -2.41. The Morgan fingerprint density at radius 1 is 1.13 bits per heavy atom. The molecular weight excluding hydrogens is 432 g/mol. The second-order valence-corrected chi connectivity index (χ2v) is 8.08. The number of amides is 1. The molecule has 8 heteroatoms. The average Bonchev–Trinajstić information content (AvgIpc) is 3.33. The number of aliphatic hydroxyl groups is 1. The minimum absolute atomic E-state index is 0.0806. The van der Waals surface area contributed by atoms with Crippen LogP contribution in [-0.2, 0) is 14.3 Å². The molecule has 0 saturated carbocycles. The molecule has 0 bridgehead atoms. The Morgan fingerprint density at radius 3 is 2.50 bits per heavy atom. The Morgan fingerprint density at radius 2 is 1.87 bits per heavy atom. The highest BCUT2D eigenvalue weighted by atomic mass is 35.5. The summed E-state index contributed by atoms with van der Waals surface area (Å²) in [6, 6.07) is 8.98. The van der Waals surface area contributed by atoms with Gasteiger partial charge in [0.05, 0.1) is 27.8 Å². The molecule has 1 N–H and O–H groups in total. The van der Waals surface area contributed by atoms with Gasteiger partial charge < -0.3 is 14.7 Å². The molecule has 2 aliphatic rings. The Bertz CT molecular complexity index is 1030. The first kappa shape index (κ1) is 20.8. The van der Waals surface area contributed by atoms with Gasteiger partial charge in [-0.3, -0.25) is 9.59 Å². The fraction of sp³-hybridized carbons (Fsp3) is 0.273. The van der Waals surface area contributed by atoms with E-state index in [2.05, 4.69) is 0 Å². The lowest BCUT2D eigenvalue weighted by molar-refractivity contribution is -0.140. The molecule has 0 aliphatic carbocycles. The van der Waals surface area contributed by atoms with E-state index < -0.39 is 23.5 Å². The van der Waals surface area contributed by atoms with Gasteiger partial charge in [-0.1, -0.05) is 29.3 Å². The summed E-state index contributed by atoms with van der Waals surface area (Å²) in [6.45, 7) is 0.803. The van der Waals surface area contributed by atoms with Gasteiger partial charge in [0.1, 0.15) is 11.6 Å². The summed E-state index contributed by atoms with van der Waals surface area (Å²) < 4.78 is 19.0. The first-order valence-corrected chi connectivity index (χ1v) is 10.2. The lowest BCUT2D eigenvalue weighted by atomic mass is 9.95. The fourth-order valence-corrected chi connectivity index (χ4v) is 4.17. The number of ketones is 1. The average molecular weight is 450 g/mol. The summed E-state index contributed by atoms with van der Waals surface area (Å²) in [6.07, 6.45) is 1.45. The van der Waals surface area contributed by atoms with Crippen LogP contribution < -0.4 is 0 Å². The van der Waals surface area contributed by atoms with E-state index in [1.54, 1.807) is 18.2 Å². The molecular formula is C22H18Cl2FNO4. The molecule has 30 heavy (non-hydrogen) atoms. The zero-order chi connectivity index (χ0) is 21.4. The van der Waals surface area contributed by atoms with Gasteiger partial charge in [-0.2, -0.15) is 0 Å². The van der Waals surface area contributed by atoms with Gasteiger partial charge in [0.2, 0.25) is 0 Å². The molecule has 4 rings (SSSR count). The minimum Gasteiger partial charge on any atom is -0.507 e. The van der Waals surface area contributed by atoms with Crippen LogP contribution in [0.1, 0.15) is 30.0 Å². The number of hydrogen-bond acceptors (Lipinski definition) is 4. The van der Waals surface area contributed by atoms with Crippen LogP contribution in [0, 0.1) is 5.82 Å². The van der Waals surface area contributed by atoms with E-state index in [-0.39, 0.29) is 34.6 Å². The maximum Gasteiger partial charge on any atom is 0.295 e. The van der Waals surface area contributed by atoms with Crippen molar-refractivity contribution in [3.05, 3.63) is 75.0 Å². The normalized spacial score (nSPS) is 23.4. The second-order valence-electron chi connectivity index (χ2n) is 7.27. The number of halogens is 3. The second kappa shape index (κ2) is 8.38. The summed E-state index contributed by atoms with van der Waals surface area (Å²) in [5.41, 5.74) is 0.685. The standard InChI is InChI=1S/C22H18Cl2FNO4/c23-16-8-5-13(10-17(16)24)19-18(20(27)12-3-6-14(25)7-4-12)21(28)22(29)26(19)11-15-2-1-9-30-15/h3-8,10,15,19,27H,1-2,9,11H2. The van der Waals surface area contributed by atoms with Crippen molar-refractivity contribution >= 4 is 40.7 Å². The molecule has 2 atom stereocenters. The summed E-state index contributed by atoms with van der Waals surface area (Å²) in [4.78, 5) is 27.2. The number of rotatable bonds is 4. The van der Waals surface area contributed by atoms with Crippen molar-refractivity contribution in [2.45, 2.75) is 25.0 Å². The van der Waals surface area contributed by atoms with Gasteiger partial charge in [0.25, 0.3) is 11.7 Å². The number of carbonyl (C=O) groups excluding carboxylic acids is 2. The van der Waals surface area contributed by atoms with Gasteiger partial charge in [-0.15, -0.1) is 0 Å². The molecule has 156 valence electrons. The largest absolute Gasteiger partial charge is 0.507 e. The third-order valence-electron chi connectivity index (χ3n) is 5.34. The third-order valence-corrected chi connectivity index (χ3v) is 6.08. The van der Waals surface area contributed by atoms with Crippen LogP contribution in [0.3, 0.4) is 0 Å². The van der Waals surface area contributed by atoms with Crippen LogP contribution in [0.25, 0.3) is 5.76 Å². The number of ether oxygens (including phenoxy) is 1. The topological polar surface area (TPSA) is 66.8 Å². The summed E-state index contributed by atoms with van der Waals surface area (Å²) in [5.74, 6) is -2.40. The number of hydrogen-bond donors (Lipinski definition) is 1. The van der Waals surface area contributed by atoms with Crippen molar-refractivity contribution in [3.8, 4) is 0 Å². The minimum atomic E-state index is -0.867. The van der Waals surface area contributed by atoms with Crippen LogP contribution in [0.4, 0.5) is 4.39 Å². The highest BCUT2D eigenvalue weighted by Crippen LogP contribution is 2.41. The van der Waals surface area contributed by atoms with E-state index in [0.717, 1.165) is 12.8 Å². The molecule has 2 fully saturated rings. The van der Waals surface area contributed by atoms with Crippen molar-refractivity contribution < 1.29 is 23.8 Å². The Kier molecular flexibility index (Phi) is 5.82. The predicted molar refractivity (Wildman–Crippen MR) is 111 cm³/mol. The van der Waals surface area contributed by atoms with Crippen molar-refractivity contribution in [2.24, 2.45) is 0 Å². The third kappa shape index (κ3) is 3.83. The van der Waals surface area contributed by atoms with Gasteiger partial charge in [0, 0.05) is 18.7 Å². The quantitative estimate of drug-likeness (QED) is 0.416. The lowest BCUT2D eigenvalue weighted by Gasteiger charge is -2.27. The maximum absolute atomic E-state index is 13.3. The first-order valence-electron chi connectivity index (χ1n) is 9.47. The van der Waals surface area contributed by atoms with Crippen LogP contribution in [0.5, 0.6) is 0 Å². The number of aliphatic hydroxyl groups excluding tert-OH is 1. The molecule has 2 aromatic carbocycles. The number of carbonyl (C=O) groups is 2. The van der Waals surface area contributed by atoms with Crippen LogP contribution in [0.2, 0.25) is 10.0 Å². The molecule has 0 aromatic heterocycles. The van der Waals surface area contributed by atoms with Gasteiger partial charge in [-0.05, 0) is 54.8 Å². The van der Waals surface area contributed by atoms with E-state index in [9.17, 15) is 19.1 Å². The monoisotopic (exact) mass is 449 g/mol. The van der Waals surface area contributed by atoms with Crippen molar-refractivity contribution in [1.82, 2.24) is 4.90 Å². The summed E-state index contributed by atoms with van der Waals surface area (Å²) in [5, 5.41) is 11.5. The van der Waals surface area contributed by atoms with Crippen molar-refractivity contribution in [3.63, 3.8) is 0 Å². The van der Waals surface area contributed by atoms with E-state index in [1.807, 2.05) is 0 Å².